The van der Waals surface area contributed by atoms with Crippen LogP contribution in [0.15, 0.2) is 54.1 Å². The van der Waals surface area contributed by atoms with E-state index in [0.29, 0.717) is 10.9 Å². The lowest BCUT2D eigenvalue weighted by Gasteiger charge is -2.14. The number of allylic oxidation sites excluding steroid dienone is 1. The highest BCUT2D eigenvalue weighted by Crippen LogP contribution is 2.36. The van der Waals surface area contributed by atoms with Gasteiger partial charge >= 0.3 is 0 Å². The fraction of sp³-hybridized carbons (Fsp3) is 0.292. The van der Waals surface area contributed by atoms with Gasteiger partial charge in [0, 0.05) is 23.2 Å². The average Bonchev–Trinajstić information content (AvgIpc) is 3.48. The number of rotatable bonds is 7. The van der Waals surface area contributed by atoms with Gasteiger partial charge < -0.3 is 10.3 Å². The third-order valence-corrected chi connectivity index (χ3v) is 7.22. The number of aromatic nitrogens is 2. The first-order chi connectivity index (χ1) is 14.3. The molecule has 0 atom stereocenters. The first-order valence-corrected chi connectivity index (χ1v) is 11.9. The number of H-pyrrole nitrogens is 1. The van der Waals surface area contributed by atoms with Crippen LogP contribution >= 0.6 is 0 Å². The summed E-state index contributed by atoms with van der Waals surface area (Å²) in [4.78, 5) is 8.35. The van der Waals surface area contributed by atoms with Gasteiger partial charge in [0.05, 0.1) is 22.0 Å². The molecule has 0 saturated heterocycles. The van der Waals surface area contributed by atoms with Crippen LogP contribution in [0.2, 0.25) is 0 Å². The molecule has 30 heavy (non-hydrogen) atoms. The molecule has 1 saturated carbocycles. The van der Waals surface area contributed by atoms with Crippen LogP contribution in [0.1, 0.15) is 49.1 Å². The van der Waals surface area contributed by atoms with E-state index in [4.69, 9.17) is 0 Å². The van der Waals surface area contributed by atoms with E-state index < -0.39 is 9.84 Å². The van der Waals surface area contributed by atoms with Crippen LogP contribution in [-0.4, -0.2) is 30.2 Å². The molecule has 1 aliphatic carbocycles. The summed E-state index contributed by atoms with van der Waals surface area (Å²) in [5.74, 6) is 0.0746. The van der Waals surface area contributed by atoms with Crippen molar-refractivity contribution in [1.82, 2.24) is 15.3 Å². The molecule has 0 radical (unpaired) electrons. The highest BCUT2D eigenvalue weighted by molar-refractivity contribution is 7.91. The summed E-state index contributed by atoms with van der Waals surface area (Å²) in [6.07, 6.45) is 6.17. The smallest absolute Gasteiger partial charge is 0.178 e. The van der Waals surface area contributed by atoms with Crippen molar-refractivity contribution < 1.29 is 8.42 Å². The highest BCUT2D eigenvalue weighted by atomic mass is 32.2. The van der Waals surface area contributed by atoms with Crippen molar-refractivity contribution in [3.63, 3.8) is 0 Å². The van der Waals surface area contributed by atoms with Gasteiger partial charge in [0.2, 0.25) is 0 Å². The second-order valence-corrected chi connectivity index (χ2v) is 10.1. The Morgan fingerprint density at radius 1 is 1.33 bits per heavy atom. The van der Waals surface area contributed by atoms with Crippen molar-refractivity contribution in [1.29, 1.82) is 0 Å². The maximum Gasteiger partial charge on any atom is 0.178 e. The number of nitrogens with zero attached hydrogens (tertiary/aromatic N) is 1. The molecule has 3 aromatic rings. The maximum atomic E-state index is 12.5. The van der Waals surface area contributed by atoms with E-state index in [0.717, 1.165) is 57.5 Å². The molecule has 1 aliphatic rings. The third kappa shape index (κ3) is 3.79. The number of aromatic amines is 1. The van der Waals surface area contributed by atoms with Gasteiger partial charge in [-0.25, -0.2) is 13.4 Å². The van der Waals surface area contributed by atoms with E-state index in [1.807, 2.05) is 32.2 Å². The van der Waals surface area contributed by atoms with E-state index >= 15 is 0 Å². The summed E-state index contributed by atoms with van der Waals surface area (Å²) in [7, 11) is -3.29. The van der Waals surface area contributed by atoms with Crippen LogP contribution in [0.3, 0.4) is 0 Å². The van der Waals surface area contributed by atoms with Gasteiger partial charge in [-0.1, -0.05) is 31.7 Å². The number of fused-ring (bicyclic) bond motifs is 1. The van der Waals surface area contributed by atoms with Crippen LogP contribution in [0, 0.1) is 6.92 Å². The molecule has 0 amide bonds. The quantitative estimate of drug-likeness (QED) is 0.572. The summed E-state index contributed by atoms with van der Waals surface area (Å²) >= 11 is 0. The predicted molar refractivity (Wildman–Crippen MR) is 123 cm³/mol. The Balaban J connectivity index is 1.91. The fourth-order valence-corrected chi connectivity index (χ4v) is 4.63. The molecule has 0 aliphatic heterocycles. The van der Waals surface area contributed by atoms with Gasteiger partial charge in [-0.05, 0) is 61.6 Å². The van der Waals surface area contributed by atoms with E-state index in [1.165, 1.54) is 0 Å². The lowest BCUT2D eigenvalue weighted by atomic mass is 9.94. The molecular weight excluding hydrogens is 394 g/mol. The molecule has 5 nitrogen and oxygen atoms in total. The number of nitrogens with one attached hydrogen (secondary N) is 2. The molecular formula is C24H27N3O2S. The second-order valence-electron chi connectivity index (χ2n) is 7.81. The Morgan fingerprint density at radius 3 is 2.77 bits per heavy atom. The van der Waals surface area contributed by atoms with Crippen molar-refractivity contribution in [2.45, 2.75) is 44.6 Å². The van der Waals surface area contributed by atoms with Gasteiger partial charge in [-0.15, -0.1) is 0 Å². The lowest BCUT2D eigenvalue weighted by molar-refractivity contribution is 0.597. The molecule has 6 heteroatoms. The molecule has 2 heterocycles. The zero-order valence-electron chi connectivity index (χ0n) is 17.6. The zero-order valence-corrected chi connectivity index (χ0v) is 18.4. The van der Waals surface area contributed by atoms with Crippen LogP contribution in [0.25, 0.3) is 22.3 Å². The summed E-state index contributed by atoms with van der Waals surface area (Å²) in [5, 5.41) is 4.49. The number of sulfone groups is 1. The summed E-state index contributed by atoms with van der Waals surface area (Å²) in [6.45, 7) is 9.92. The average molecular weight is 422 g/mol. The molecule has 0 bridgehead atoms. The number of hydrogen-bond donors (Lipinski definition) is 2. The molecule has 4 rings (SSSR count). The van der Waals surface area contributed by atoms with Crippen LogP contribution in [-0.2, 0) is 9.84 Å². The van der Waals surface area contributed by atoms with Gasteiger partial charge in [0.1, 0.15) is 5.65 Å². The summed E-state index contributed by atoms with van der Waals surface area (Å²) in [5.41, 5.74) is 6.39. The SMILES string of the molecule is C=C(NC1CC1)c1[nH]c2ncc(C)cc2c1/C(=C\C)c1cccc(S(=O)(=O)CC)c1. The van der Waals surface area contributed by atoms with Crippen LogP contribution < -0.4 is 5.32 Å². The number of hydrogen-bond acceptors (Lipinski definition) is 4. The molecule has 1 aromatic carbocycles. The van der Waals surface area contributed by atoms with Gasteiger partial charge in [0.25, 0.3) is 0 Å². The fourth-order valence-electron chi connectivity index (χ4n) is 3.71. The largest absolute Gasteiger partial charge is 0.381 e. The van der Waals surface area contributed by atoms with Crippen molar-refractivity contribution in [3.8, 4) is 0 Å². The predicted octanol–water partition coefficient (Wildman–Crippen LogP) is 4.84. The minimum absolute atomic E-state index is 0.0746. The van der Waals surface area contributed by atoms with Crippen LogP contribution in [0.5, 0.6) is 0 Å². The maximum absolute atomic E-state index is 12.5. The Morgan fingerprint density at radius 2 is 2.10 bits per heavy atom. The normalized spacial score (nSPS) is 14.8. The Bertz CT molecular complexity index is 1260. The van der Waals surface area contributed by atoms with Crippen LogP contribution in [0.4, 0.5) is 0 Å². The topological polar surface area (TPSA) is 74.8 Å². The summed E-state index contributed by atoms with van der Waals surface area (Å²) in [6, 6.07) is 9.75. The first-order valence-electron chi connectivity index (χ1n) is 10.3. The van der Waals surface area contributed by atoms with Crippen molar-refractivity contribution in [2.75, 3.05) is 5.75 Å². The van der Waals surface area contributed by atoms with Gasteiger partial charge in [0.15, 0.2) is 9.84 Å². The molecule has 1 fully saturated rings. The monoisotopic (exact) mass is 421 g/mol. The number of pyridine rings is 1. The zero-order chi connectivity index (χ0) is 21.5. The standard InChI is InChI=1S/C24H27N3O2S/c1-5-20(17-8-7-9-19(13-17)30(28,29)6-2)22-21-12-15(3)14-25-24(21)27-23(22)16(4)26-18-10-11-18/h5,7-9,12-14,18,26H,4,6,10-11H2,1-3H3,(H,25,27)/b20-5-. The molecule has 0 unspecified atom stereocenters. The molecule has 156 valence electrons. The van der Waals surface area contributed by atoms with E-state index in [-0.39, 0.29) is 5.75 Å². The number of aryl methyl sites for hydroxylation is 1. The minimum Gasteiger partial charge on any atom is -0.381 e. The van der Waals surface area contributed by atoms with Crippen molar-refractivity contribution >= 4 is 32.1 Å². The number of benzene rings is 1. The van der Waals surface area contributed by atoms with E-state index in [2.05, 4.69) is 27.9 Å². The minimum atomic E-state index is -3.29. The van der Waals surface area contributed by atoms with Crippen molar-refractivity contribution in [2.24, 2.45) is 0 Å². The Hall–Kier alpha value is -2.86. The van der Waals surface area contributed by atoms with Crippen molar-refractivity contribution in [3.05, 3.63) is 71.6 Å². The van der Waals surface area contributed by atoms with E-state index in [1.54, 1.807) is 25.1 Å². The third-order valence-electron chi connectivity index (χ3n) is 5.49. The Labute approximate surface area is 177 Å². The highest BCUT2D eigenvalue weighted by Gasteiger charge is 2.25. The first kappa shape index (κ1) is 20.4. The Kier molecular flexibility index (Phi) is 5.28. The molecule has 0 spiro atoms. The van der Waals surface area contributed by atoms with Gasteiger partial charge in [-0.3, -0.25) is 0 Å². The molecule has 2 aromatic heterocycles. The summed E-state index contributed by atoms with van der Waals surface area (Å²) < 4.78 is 24.9. The van der Waals surface area contributed by atoms with Gasteiger partial charge in [-0.2, -0.15) is 0 Å². The lowest BCUT2D eigenvalue weighted by Crippen LogP contribution is -2.14. The molecule has 2 N–H and O–H groups in total. The second kappa shape index (κ2) is 7.76. The van der Waals surface area contributed by atoms with E-state index in [9.17, 15) is 8.42 Å².